The van der Waals surface area contributed by atoms with E-state index in [1.165, 1.54) is 6.08 Å². The molecule has 0 aliphatic heterocycles. The van der Waals surface area contributed by atoms with E-state index in [1.807, 2.05) is 13.0 Å². The first-order valence-corrected chi connectivity index (χ1v) is 3.85. The fourth-order valence-corrected chi connectivity index (χ4v) is 0.112. The molecule has 0 atom stereocenters. The van der Waals surface area contributed by atoms with Gasteiger partial charge in [-0.05, 0) is 6.42 Å². The highest BCUT2D eigenvalue weighted by atomic mass is 14.2. The first-order valence-electron chi connectivity index (χ1n) is 3.85. The summed E-state index contributed by atoms with van der Waals surface area (Å²) in [5.74, 6) is 0. The molecule has 0 N–H and O–H groups in total. The highest BCUT2D eigenvalue weighted by molar-refractivity contribution is 4.93. The van der Waals surface area contributed by atoms with E-state index in [1.54, 1.807) is 18.2 Å². The van der Waals surface area contributed by atoms with E-state index in [4.69, 9.17) is 10.5 Å². The minimum atomic E-state index is 0.694. The quantitative estimate of drug-likeness (QED) is 0.478. The number of hydrogen-bond donors (Lipinski definition) is 0. The summed E-state index contributed by atoms with van der Waals surface area (Å²) in [5, 5.41) is 15.3. The summed E-state index contributed by atoms with van der Waals surface area (Å²) in [6.07, 6.45) is 6.14. The molecule has 0 spiro atoms. The summed E-state index contributed by atoms with van der Waals surface area (Å²) in [4.78, 5) is 0. The van der Waals surface area contributed by atoms with Gasteiger partial charge in [0.05, 0.1) is 12.1 Å². The van der Waals surface area contributed by atoms with Crippen molar-refractivity contribution in [2.24, 2.45) is 0 Å². The maximum atomic E-state index is 7.82. The Bertz CT molecular complexity index is 185. The van der Waals surface area contributed by atoms with Crippen LogP contribution in [0.15, 0.2) is 38.0 Å². The van der Waals surface area contributed by atoms with E-state index in [-0.39, 0.29) is 0 Å². The van der Waals surface area contributed by atoms with Crippen LogP contribution in [0.3, 0.4) is 0 Å². The van der Waals surface area contributed by atoms with E-state index < -0.39 is 0 Å². The fraction of sp³-hybridized carbons (Fsp3) is 0.273. The average Bonchev–Trinajstić information content (AvgIpc) is 2.20. The normalized spacial score (nSPS) is 5.15. The Balaban J connectivity index is -0.000000117. The topological polar surface area (TPSA) is 47.6 Å². The Hall–Kier alpha value is -1.80. The van der Waals surface area contributed by atoms with Crippen LogP contribution in [0.25, 0.3) is 0 Å². The minimum absolute atomic E-state index is 0.694. The van der Waals surface area contributed by atoms with Crippen LogP contribution in [0.2, 0.25) is 0 Å². The third-order valence-corrected chi connectivity index (χ3v) is 0.620. The van der Waals surface area contributed by atoms with E-state index in [0.29, 0.717) is 6.42 Å². The van der Waals surface area contributed by atoms with E-state index >= 15 is 0 Å². The number of nitrogens with zero attached hydrogens (tertiary/aromatic N) is 2. The average molecular weight is 176 g/mol. The van der Waals surface area contributed by atoms with Gasteiger partial charge in [0.2, 0.25) is 0 Å². The van der Waals surface area contributed by atoms with Gasteiger partial charge in [0.15, 0.2) is 0 Å². The molecule has 0 aliphatic rings. The lowest BCUT2D eigenvalue weighted by atomic mass is 10.4. The molecule has 0 saturated carbocycles. The van der Waals surface area contributed by atoms with Gasteiger partial charge in [0, 0.05) is 12.5 Å². The Morgan fingerprint density at radius 1 is 1.15 bits per heavy atom. The molecule has 2 heteroatoms. The molecule has 0 fully saturated rings. The maximum absolute atomic E-state index is 7.82. The second-order valence-electron chi connectivity index (χ2n) is 1.71. The molecular weight excluding hydrogens is 160 g/mol. The molecule has 2 nitrogen and oxygen atoms in total. The van der Waals surface area contributed by atoms with Gasteiger partial charge in [-0.25, -0.2) is 0 Å². The molecule has 0 aromatic rings. The van der Waals surface area contributed by atoms with Crippen molar-refractivity contribution in [1.29, 1.82) is 10.5 Å². The number of hydrogen-bond acceptors (Lipinski definition) is 2. The Kier molecular flexibility index (Phi) is 42.6. The first kappa shape index (κ1) is 17.3. The van der Waals surface area contributed by atoms with Crippen LogP contribution in [0.1, 0.15) is 19.8 Å². The molecule has 0 aromatic carbocycles. The largest absolute Gasteiger partial charge is 0.198 e. The molecular formula is C11H16N2. The second-order valence-corrected chi connectivity index (χ2v) is 1.71. The molecule has 0 rings (SSSR count). The molecule has 13 heavy (non-hydrogen) atoms. The summed E-state index contributed by atoms with van der Waals surface area (Å²) >= 11 is 0. The van der Waals surface area contributed by atoms with Crippen LogP contribution in [0.5, 0.6) is 0 Å². The molecule has 0 amide bonds. The molecule has 0 saturated heterocycles. The van der Waals surface area contributed by atoms with Crippen molar-refractivity contribution in [3.8, 4) is 12.1 Å². The zero-order valence-electron chi connectivity index (χ0n) is 8.16. The molecule has 0 aliphatic carbocycles. The Labute approximate surface area is 81.1 Å². The maximum Gasteiger partial charge on any atom is 0.0905 e. The zero-order valence-corrected chi connectivity index (χ0v) is 8.16. The van der Waals surface area contributed by atoms with Crippen LogP contribution >= 0.6 is 0 Å². The second kappa shape index (κ2) is 31.9. The molecule has 0 unspecified atom stereocenters. The van der Waals surface area contributed by atoms with E-state index in [9.17, 15) is 0 Å². The van der Waals surface area contributed by atoms with Crippen molar-refractivity contribution < 1.29 is 0 Å². The highest BCUT2D eigenvalue weighted by Gasteiger charge is 1.65. The van der Waals surface area contributed by atoms with Crippen molar-refractivity contribution >= 4 is 0 Å². The SMILES string of the molecule is C=CC#N.C=CC=C.CCCC#N. The standard InChI is InChI=1S/C4H7N.C4H6.C3H3N/c1-2-3-4-5;1-3-4-2;1-2-3-4/h2-3H2,1H3;3-4H,1-2H2;2H,1H2. The zero-order chi connectivity index (χ0) is 10.9. The number of allylic oxidation sites excluding steroid dienone is 3. The van der Waals surface area contributed by atoms with Crippen LogP contribution in [-0.4, -0.2) is 0 Å². The van der Waals surface area contributed by atoms with Crippen LogP contribution < -0.4 is 0 Å². The summed E-state index contributed by atoms with van der Waals surface area (Å²) < 4.78 is 0. The van der Waals surface area contributed by atoms with Gasteiger partial charge >= 0.3 is 0 Å². The van der Waals surface area contributed by atoms with Gasteiger partial charge in [0.1, 0.15) is 0 Å². The lowest BCUT2D eigenvalue weighted by molar-refractivity contribution is 0.969. The van der Waals surface area contributed by atoms with Gasteiger partial charge in [0.25, 0.3) is 0 Å². The number of unbranched alkanes of at least 4 members (excludes halogenated alkanes) is 1. The molecule has 0 aromatic heterocycles. The van der Waals surface area contributed by atoms with E-state index in [0.717, 1.165) is 6.42 Å². The van der Waals surface area contributed by atoms with Gasteiger partial charge in [-0.2, -0.15) is 10.5 Å². The predicted octanol–water partition coefficient (Wildman–Crippen LogP) is 3.36. The smallest absolute Gasteiger partial charge is 0.0905 e. The van der Waals surface area contributed by atoms with Crippen molar-refractivity contribution in [3.63, 3.8) is 0 Å². The van der Waals surface area contributed by atoms with Crippen molar-refractivity contribution in [1.82, 2.24) is 0 Å². The highest BCUT2D eigenvalue weighted by Crippen LogP contribution is 1.77. The summed E-state index contributed by atoms with van der Waals surface area (Å²) in [7, 11) is 0. The monoisotopic (exact) mass is 176 g/mol. The first-order chi connectivity index (χ1) is 6.24. The number of nitriles is 2. The Morgan fingerprint density at radius 2 is 1.54 bits per heavy atom. The van der Waals surface area contributed by atoms with Crippen molar-refractivity contribution in [3.05, 3.63) is 38.0 Å². The van der Waals surface area contributed by atoms with Crippen molar-refractivity contribution in [2.45, 2.75) is 19.8 Å². The van der Waals surface area contributed by atoms with Gasteiger partial charge in [-0.15, -0.1) is 0 Å². The van der Waals surface area contributed by atoms with Gasteiger partial charge in [-0.3, -0.25) is 0 Å². The van der Waals surface area contributed by atoms with Crippen LogP contribution in [0.4, 0.5) is 0 Å². The minimum Gasteiger partial charge on any atom is -0.198 e. The summed E-state index contributed by atoms with van der Waals surface area (Å²) in [6, 6.07) is 3.71. The fourth-order valence-electron chi connectivity index (χ4n) is 0.112. The van der Waals surface area contributed by atoms with Crippen LogP contribution in [0, 0.1) is 22.7 Å². The number of rotatable bonds is 2. The van der Waals surface area contributed by atoms with Gasteiger partial charge < -0.3 is 0 Å². The predicted molar refractivity (Wildman–Crippen MR) is 56.7 cm³/mol. The molecule has 0 bridgehead atoms. The van der Waals surface area contributed by atoms with Gasteiger partial charge in [-0.1, -0.05) is 38.8 Å². The summed E-state index contributed by atoms with van der Waals surface area (Å²) in [5.41, 5.74) is 0. The lowest BCUT2D eigenvalue weighted by Gasteiger charge is -1.65. The third kappa shape index (κ3) is 142. The summed E-state index contributed by atoms with van der Waals surface area (Å²) in [6.45, 7) is 11.8. The molecule has 70 valence electrons. The molecule has 0 radical (unpaired) electrons. The third-order valence-electron chi connectivity index (χ3n) is 0.620. The van der Waals surface area contributed by atoms with E-state index in [2.05, 4.69) is 19.7 Å². The Morgan fingerprint density at radius 3 is 1.54 bits per heavy atom. The molecule has 0 heterocycles. The van der Waals surface area contributed by atoms with Crippen molar-refractivity contribution in [2.75, 3.05) is 0 Å². The van der Waals surface area contributed by atoms with Crippen LogP contribution in [-0.2, 0) is 0 Å². The lowest BCUT2D eigenvalue weighted by Crippen LogP contribution is -1.53.